The number of benzene rings is 1. The minimum atomic E-state index is -4.71. The lowest BCUT2D eigenvalue weighted by atomic mass is 10.3. The van der Waals surface area contributed by atoms with Gasteiger partial charge in [-0.25, -0.2) is 0 Å². The van der Waals surface area contributed by atoms with E-state index in [-0.39, 0.29) is 5.75 Å². The largest absolute Gasteiger partial charge is 0.573 e. The quantitative estimate of drug-likeness (QED) is 0.581. The lowest BCUT2D eigenvalue weighted by Gasteiger charge is -2.09. The summed E-state index contributed by atoms with van der Waals surface area (Å²) in [5.74, 6) is 1.35. The molecule has 138 valence electrons. The van der Waals surface area contributed by atoms with Gasteiger partial charge in [0, 0.05) is 12.1 Å². The smallest absolute Gasteiger partial charge is 0.406 e. The van der Waals surface area contributed by atoms with Crippen LogP contribution in [-0.4, -0.2) is 26.7 Å². The molecule has 0 unspecified atom stereocenters. The minimum absolute atomic E-state index is 0.289. The molecule has 2 aromatic heterocycles. The van der Waals surface area contributed by atoms with Crippen molar-refractivity contribution < 1.29 is 22.4 Å². The lowest BCUT2D eigenvalue weighted by molar-refractivity contribution is -0.274. The van der Waals surface area contributed by atoms with Crippen molar-refractivity contribution in [1.29, 1.82) is 0 Å². The fourth-order valence-corrected chi connectivity index (χ4v) is 3.41. The summed E-state index contributed by atoms with van der Waals surface area (Å²) >= 11 is 2.70. The maximum absolute atomic E-state index is 12.1. The van der Waals surface area contributed by atoms with Gasteiger partial charge >= 0.3 is 6.36 Å². The molecule has 3 rings (SSSR count). The van der Waals surface area contributed by atoms with Gasteiger partial charge in [-0.15, -0.1) is 23.4 Å². The second kappa shape index (κ2) is 7.91. The van der Waals surface area contributed by atoms with E-state index in [1.165, 1.54) is 47.4 Å². The van der Waals surface area contributed by atoms with Gasteiger partial charge in [-0.1, -0.05) is 35.2 Å². The SMILES string of the molecule is CCc1noc(CSc2nnc(Nc3ccc(OC(F)(F)F)cc3)s2)n1. The Labute approximate surface area is 154 Å². The summed E-state index contributed by atoms with van der Waals surface area (Å²) < 4.78 is 46.0. The Kier molecular flexibility index (Phi) is 5.61. The normalized spacial score (nSPS) is 11.5. The molecule has 0 amide bonds. The van der Waals surface area contributed by atoms with E-state index < -0.39 is 6.36 Å². The molecular weight excluding hydrogens is 391 g/mol. The summed E-state index contributed by atoms with van der Waals surface area (Å²) in [6.07, 6.45) is -4.01. The van der Waals surface area contributed by atoms with Crippen molar-refractivity contribution in [2.75, 3.05) is 5.32 Å². The maximum atomic E-state index is 12.1. The topological polar surface area (TPSA) is 86.0 Å². The predicted molar refractivity (Wildman–Crippen MR) is 89.6 cm³/mol. The third-order valence-corrected chi connectivity index (χ3v) is 4.85. The number of thioether (sulfide) groups is 1. The molecule has 0 spiro atoms. The molecule has 1 N–H and O–H groups in total. The summed E-state index contributed by atoms with van der Waals surface area (Å²) in [6.45, 7) is 1.94. The zero-order valence-electron chi connectivity index (χ0n) is 13.3. The molecule has 12 heteroatoms. The zero-order valence-corrected chi connectivity index (χ0v) is 14.9. The van der Waals surface area contributed by atoms with Crippen LogP contribution in [0.2, 0.25) is 0 Å². The van der Waals surface area contributed by atoms with E-state index >= 15 is 0 Å². The van der Waals surface area contributed by atoms with Gasteiger partial charge in [-0.2, -0.15) is 4.98 Å². The van der Waals surface area contributed by atoms with Gasteiger partial charge in [-0.05, 0) is 24.3 Å². The van der Waals surface area contributed by atoms with Gasteiger partial charge < -0.3 is 14.6 Å². The maximum Gasteiger partial charge on any atom is 0.573 e. The highest BCUT2D eigenvalue weighted by molar-refractivity contribution is 8.00. The molecule has 7 nitrogen and oxygen atoms in total. The van der Waals surface area contributed by atoms with E-state index in [4.69, 9.17) is 4.52 Å². The number of ether oxygens (including phenoxy) is 1. The van der Waals surface area contributed by atoms with Crippen LogP contribution in [0.3, 0.4) is 0 Å². The Hall–Kier alpha value is -2.34. The molecule has 0 saturated heterocycles. The number of nitrogens with one attached hydrogen (secondary N) is 1. The fourth-order valence-electron chi connectivity index (χ4n) is 1.80. The molecule has 1 aromatic carbocycles. The van der Waals surface area contributed by atoms with Crippen LogP contribution in [-0.2, 0) is 12.2 Å². The van der Waals surface area contributed by atoms with Crippen LogP contribution in [0.15, 0.2) is 33.1 Å². The Morgan fingerprint density at radius 1 is 1.23 bits per heavy atom. The predicted octanol–water partition coefficient (Wildman–Crippen LogP) is 4.42. The first kappa shape index (κ1) is 18.5. The van der Waals surface area contributed by atoms with Gasteiger partial charge in [0.1, 0.15) is 5.75 Å². The number of aromatic nitrogens is 4. The summed E-state index contributed by atoms with van der Waals surface area (Å²) in [5, 5.41) is 15.3. The monoisotopic (exact) mass is 403 g/mol. The number of anilines is 2. The lowest BCUT2D eigenvalue weighted by Crippen LogP contribution is -2.16. The number of aryl methyl sites for hydroxylation is 1. The molecule has 2 heterocycles. The summed E-state index contributed by atoms with van der Waals surface area (Å²) in [7, 11) is 0. The van der Waals surface area contributed by atoms with E-state index in [2.05, 4.69) is 30.4 Å². The highest BCUT2D eigenvalue weighted by atomic mass is 32.2. The van der Waals surface area contributed by atoms with Crippen molar-refractivity contribution in [1.82, 2.24) is 20.3 Å². The molecule has 0 saturated carbocycles. The van der Waals surface area contributed by atoms with Gasteiger partial charge in [0.25, 0.3) is 0 Å². The fraction of sp³-hybridized carbons (Fsp3) is 0.286. The third-order valence-electron chi connectivity index (χ3n) is 2.89. The van der Waals surface area contributed by atoms with Crippen LogP contribution in [0, 0.1) is 0 Å². The average molecular weight is 403 g/mol. The standard InChI is InChI=1S/C14H12F3N5O2S2/c1-2-10-19-11(24-22-10)7-25-13-21-20-12(26-13)18-8-3-5-9(6-4-8)23-14(15,16)17/h3-6H,2,7H2,1H3,(H,18,20). The van der Waals surface area contributed by atoms with Crippen molar-refractivity contribution in [2.45, 2.75) is 29.8 Å². The van der Waals surface area contributed by atoms with Gasteiger partial charge in [0.15, 0.2) is 10.2 Å². The van der Waals surface area contributed by atoms with Crippen molar-refractivity contribution in [3.63, 3.8) is 0 Å². The molecular formula is C14H12F3N5O2S2. The Morgan fingerprint density at radius 2 is 2.00 bits per heavy atom. The van der Waals surface area contributed by atoms with Crippen molar-refractivity contribution in [2.24, 2.45) is 0 Å². The minimum Gasteiger partial charge on any atom is -0.406 e. The molecule has 0 aliphatic heterocycles. The van der Waals surface area contributed by atoms with Gasteiger partial charge in [0.05, 0.1) is 5.75 Å². The molecule has 0 aliphatic rings. The summed E-state index contributed by atoms with van der Waals surface area (Å²) in [4.78, 5) is 4.20. The molecule has 0 bridgehead atoms. The zero-order chi connectivity index (χ0) is 18.6. The molecule has 0 atom stereocenters. The number of hydrogen-bond donors (Lipinski definition) is 1. The van der Waals surface area contributed by atoms with E-state index in [0.717, 1.165) is 0 Å². The number of halogens is 3. The number of hydrogen-bond acceptors (Lipinski definition) is 9. The van der Waals surface area contributed by atoms with Crippen LogP contribution < -0.4 is 10.1 Å². The van der Waals surface area contributed by atoms with E-state index in [1.807, 2.05) is 6.92 Å². The third kappa shape index (κ3) is 5.33. The van der Waals surface area contributed by atoms with Crippen LogP contribution in [0.4, 0.5) is 24.0 Å². The molecule has 0 radical (unpaired) electrons. The van der Waals surface area contributed by atoms with Crippen molar-refractivity contribution >= 4 is 33.9 Å². The van der Waals surface area contributed by atoms with Crippen LogP contribution >= 0.6 is 23.1 Å². The molecule has 0 aliphatic carbocycles. The van der Waals surface area contributed by atoms with Crippen LogP contribution in [0.25, 0.3) is 0 Å². The highest BCUT2D eigenvalue weighted by Crippen LogP contribution is 2.30. The first-order valence-electron chi connectivity index (χ1n) is 7.32. The second-order valence-electron chi connectivity index (χ2n) is 4.82. The summed E-state index contributed by atoms with van der Waals surface area (Å²) in [6, 6.07) is 5.35. The Bertz CT molecular complexity index is 851. The first-order valence-corrected chi connectivity index (χ1v) is 9.12. The van der Waals surface area contributed by atoms with E-state index in [9.17, 15) is 13.2 Å². The number of rotatable bonds is 7. The number of nitrogens with zero attached hydrogens (tertiary/aromatic N) is 4. The van der Waals surface area contributed by atoms with Crippen LogP contribution in [0.1, 0.15) is 18.6 Å². The van der Waals surface area contributed by atoms with E-state index in [0.29, 0.717) is 39.0 Å². The Morgan fingerprint density at radius 3 is 2.65 bits per heavy atom. The van der Waals surface area contributed by atoms with Gasteiger partial charge in [0.2, 0.25) is 11.0 Å². The highest BCUT2D eigenvalue weighted by Gasteiger charge is 2.30. The van der Waals surface area contributed by atoms with E-state index in [1.54, 1.807) is 0 Å². The van der Waals surface area contributed by atoms with Crippen LogP contribution in [0.5, 0.6) is 5.75 Å². The number of alkyl halides is 3. The molecule has 0 fully saturated rings. The van der Waals surface area contributed by atoms with Gasteiger partial charge in [-0.3, -0.25) is 0 Å². The van der Waals surface area contributed by atoms with Crippen molar-refractivity contribution in [3.8, 4) is 5.75 Å². The molecule has 26 heavy (non-hydrogen) atoms. The molecule has 3 aromatic rings. The average Bonchev–Trinajstić information content (AvgIpc) is 3.22. The Balaban J connectivity index is 1.54. The van der Waals surface area contributed by atoms with Crippen molar-refractivity contribution in [3.05, 3.63) is 36.0 Å². The summed E-state index contributed by atoms with van der Waals surface area (Å²) in [5.41, 5.74) is 0.566. The first-order chi connectivity index (χ1) is 12.4. The second-order valence-corrected chi connectivity index (χ2v) is 7.02.